The van der Waals surface area contributed by atoms with E-state index in [2.05, 4.69) is 38.7 Å². The van der Waals surface area contributed by atoms with Crippen molar-refractivity contribution in [2.45, 2.75) is 57.3 Å². The Morgan fingerprint density at radius 1 is 1.15 bits per heavy atom. The van der Waals surface area contributed by atoms with Gasteiger partial charge in [0.05, 0.1) is 25.6 Å². The van der Waals surface area contributed by atoms with Crippen LogP contribution in [-0.2, 0) is 17.8 Å². The van der Waals surface area contributed by atoms with Crippen molar-refractivity contribution < 1.29 is 9.47 Å². The molecule has 0 bridgehead atoms. The van der Waals surface area contributed by atoms with E-state index < -0.39 is 0 Å². The normalized spacial score (nSPS) is 23.5. The monoisotopic (exact) mass is 355 g/mol. The lowest BCUT2D eigenvalue weighted by molar-refractivity contribution is -0.0911. The van der Waals surface area contributed by atoms with Crippen LogP contribution in [-0.4, -0.2) is 46.4 Å². The molecule has 2 aromatic rings. The maximum absolute atomic E-state index is 5.98. The summed E-state index contributed by atoms with van der Waals surface area (Å²) in [6.07, 6.45) is 12.2. The molecular formula is C21H29N3O2. The molecule has 2 fully saturated rings. The number of hydrogen-bond donors (Lipinski definition) is 0. The third kappa shape index (κ3) is 4.46. The molecule has 0 amide bonds. The maximum Gasteiger partial charge on any atom is 0.119 e. The third-order valence-electron chi connectivity index (χ3n) is 5.54. The molecule has 5 heteroatoms. The Morgan fingerprint density at radius 2 is 2.04 bits per heavy atom. The van der Waals surface area contributed by atoms with E-state index in [0.717, 1.165) is 45.0 Å². The number of nitrogens with zero attached hydrogens (tertiary/aromatic N) is 3. The number of ether oxygens (including phenoxy) is 2. The van der Waals surface area contributed by atoms with E-state index in [9.17, 15) is 0 Å². The van der Waals surface area contributed by atoms with Gasteiger partial charge in [-0.05, 0) is 37.0 Å². The molecule has 1 aliphatic heterocycles. The van der Waals surface area contributed by atoms with Crippen molar-refractivity contribution in [3.63, 3.8) is 0 Å². The van der Waals surface area contributed by atoms with E-state index in [1.54, 1.807) is 0 Å². The molecule has 1 aromatic heterocycles. The molecule has 26 heavy (non-hydrogen) atoms. The quantitative estimate of drug-likeness (QED) is 0.713. The summed E-state index contributed by atoms with van der Waals surface area (Å²) in [5, 5.41) is 0. The minimum atomic E-state index is 0.454. The van der Waals surface area contributed by atoms with Crippen molar-refractivity contribution in [3.05, 3.63) is 48.5 Å². The predicted octanol–water partition coefficient (Wildman–Crippen LogP) is 3.50. The zero-order valence-corrected chi connectivity index (χ0v) is 15.4. The van der Waals surface area contributed by atoms with Crippen LogP contribution < -0.4 is 4.74 Å². The van der Waals surface area contributed by atoms with E-state index in [1.165, 1.54) is 31.2 Å². The minimum absolute atomic E-state index is 0.454. The average molecular weight is 355 g/mol. The van der Waals surface area contributed by atoms with Gasteiger partial charge in [0.2, 0.25) is 0 Å². The number of imidazole rings is 1. The summed E-state index contributed by atoms with van der Waals surface area (Å²) >= 11 is 0. The smallest absolute Gasteiger partial charge is 0.119 e. The number of fused-ring (bicyclic) bond motifs is 1. The molecule has 0 spiro atoms. The number of rotatable bonds is 7. The number of aromatic nitrogens is 2. The predicted molar refractivity (Wildman–Crippen MR) is 101 cm³/mol. The summed E-state index contributed by atoms with van der Waals surface area (Å²) in [6.45, 7) is 4.61. The number of aryl methyl sites for hydroxylation is 1. The van der Waals surface area contributed by atoms with Crippen molar-refractivity contribution in [2.75, 3.05) is 19.8 Å². The molecule has 4 rings (SSSR count). The van der Waals surface area contributed by atoms with Crippen LogP contribution in [0.15, 0.2) is 43.0 Å². The second-order valence-electron chi connectivity index (χ2n) is 7.38. The van der Waals surface area contributed by atoms with Crippen LogP contribution in [0.5, 0.6) is 5.75 Å². The lowest BCUT2D eigenvalue weighted by atomic mass is 9.90. The van der Waals surface area contributed by atoms with E-state index in [0.29, 0.717) is 12.1 Å². The van der Waals surface area contributed by atoms with Crippen molar-refractivity contribution in [1.29, 1.82) is 0 Å². The Bertz CT molecular complexity index is 654. The van der Waals surface area contributed by atoms with Gasteiger partial charge in [0.25, 0.3) is 0 Å². The second kappa shape index (κ2) is 8.69. The van der Waals surface area contributed by atoms with Gasteiger partial charge in [-0.3, -0.25) is 4.90 Å². The fourth-order valence-electron chi connectivity index (χ4n) is 4.15. The molecule has 2 atom stereocenters. The van der Waals surface area contributed by atoms with Crippen molar-refractivity contribution in [1.82, 2.24) is 14.5 Å². The van der Waals surface area contributed by atoms with Crippen LogP contribution in [0.4, 0.5) is 0 Å². The minimum Gasteiger partial charge on any atom is -0.494 e. The fourth-order valence-corrected chi connectivity index (χ4v) is 4.15. The van der Waals surface area contributed by atoms with Gasteiger partial charge >= 0.3 is 0 Å². The van der Waals surface area contributed by atoms with Crippen molar-refractivity contribution >= 4 is 0 Å². The van der Waals surface area contributed by atoms with Gasteiger partial charge in [-0.25, -0.2) is 4.98 Å². The summed E-state index contributed by atoms with van der Waals surface area (Å²) in [6, 6.07) is 9.23. The van der Waals surface area contributed by atoms with E-state index in [-0.39, 0.29) is 0 Å². The first-order valence-corrected chi connectivity index (χ1v) is 9.91. The molecule has 2 heterocycles. The molecule has 1 saturated carbocycles. The summed E-state index contributed by atoms with van der Waals surface area (Å²) in [7, 11) is 0. The molecule has 1 saturated heterocycles. The van der Waals surface area contributed by atoms with Gasteiger partial charge in [0, 0.05) is 38.1 Å². The Balaban J connectivity index is 1.24. The van der Waals surface area contributed by atoms with Crippen LogP contribution in [0, 0.1) is 0 Å². The molecule has 0 unspecified atom stereocenters. The first kappa shape index (κ1) is 17.6. The SMILES string of the molecule is c1cn(CCCOc2ccc(CN3CCO[C@@H]4CCCC[C@H]43)cc2)cn1. The van der Waals surface area contributed by atoms with Crippen LogP contribution in [0.3, 0.4) is 0 Å². The maximum atomic E-state index is 5.98. The van der Waals surface area contributed by atoms with Gasteiger partial charge in [0.15, 0.2) is 0 Å². The molecule has 0 radical (unpaired) electrons. The summed E-state index contributed by atoms with van der Waals surface area (Å²) in [5.41, 5.74) is 1.36. The highest BCUT2D eigenvalue weighted by Gasteiger charge is 2.33. The van der Waals surface area contributed by atoms with Crippen LogP contribution in [0.25, 0.3) is 0 Å². The van der Waals surface area contributed by atoms with Crippen molar-refractivity contribution in [3.8, 4) is 5.75 Å². The zero-order chi connectivity index (χ0) is 17.6. The molecule has 1 aliphatic carbocycles. The standard InChI is InChI=1S/C21H29N3O2/c1-2-5-21-20(4-1)24(13-15-26-21)16-18-6-8-19(9-7-18)25-14-3-11-23-12-10-22-17-23/h6-10,12,17,20-21H,1-5,11,13-16H2/t20-,21-/m1/s1. The summed E-state index contributed by atoms with van der Waals surface area (Å²) < 4.78 is 13.9. The molecule has 2 aliphatic rings. The van der Waals surface area contributed by atoms with E-state index >= 15 is 0 Å². The Morgan fingerprint density at radius 3 is 2.88 bits per heavy atom. The van der Waals surface area contributed by atoms with Gasteiger partial charge < -0.3 is 14.0 Å². The molecular weight excluding hydrogens is 326 g/mol. The molecule has 5 nitrogen and oxygen atoms in total. The fraction of sp³-hybridized carbons (Fsp3) is 0.571. The third-order valence-corrected chi connectivity index (χ3v) is 5.54. The Kier molecular flexibility index (Phi) is 5.87. The van der Waals surface area contributed by atoms with Gasteiger partial charge in [-0.2, -0.15) is 0 Å². The number of hydrogen-bond acceptors (Lipinski definition) is 4. The Labute approximate surface area is 155 Å². The molecule has 1 aromatic carbocycles. The molecule has 140 valence electrons. The number of benzene rings is 1. The first-order valence-electron chi connectivity index (χ1n) is 9.91. The lowest BCUT2D eigenvalue weighted by Gasteiger charge is -2.43. The van der Waals surface area contributed by atoms with Gasteiger partial charge in [0.1, 0.15) is 5.75 Å². The van der Waals surface area contributed by atoms with Gasteiger partial charge in [-0.1, -0.05) is 25.0 Å². The summed E-state index contributed by atoms with van der Waals surface area (Å²) in [5.74, 6) is 0.955. The average Bonchev–Trinajstić information content (AvgIpc) is 3.20. The topological polar surface area (TPSA) is 39.5 Å². The highest BCUT2D eigenvalue weighted by atomic mass is 16.5. The van der Waals surface area contributed by atoms with Crippen LogP contribution >= 0.6 is 0 Å². The van der Waals surface area contributed by atoms with Crippen molar-refractivity contribution in [2.24, 2.45) is 0 Å². The first-order chi connectivity index (χ1) is 12.9. The molecule has 0 N–H and O–H groups in total. The van der Waals surface area contributed by atoms with Crippen LogP contribution in [0.2, 0.25) is 0 Å². The van der Waals surface area contributed by atoms with E-state index in [1.807, 2.05) is 18.7 Å². The van der Waals surface area contributed by atoms with Gasteiger partial charge in [-0.15, -0.1) is 0 Å². The van der Waals surface area contributed by atoms with E-state index in [4.69, 9.17) is 9.47 Å². The number of morpholine rings is 1. The largest absolute Gasteiger partial charge is 0.494 e. The lowest BCUT2D eigenvalue weighted by Crippen LogP contribution is -2.52. The Hall–Kier alpha value is -1.85. The zero-order valence-electron chi connectivity index (χ0n) is 15.4. The summed E-state index contributed by atoms with van der Waals surface area (Å²) in [4.78, 5) is 6.67. The highest BCUT2D eigenvalue weighted by Crippen LogP contribution is 2.29. The highest BCUT2D eigenvalue weighted by molar-refractivity contribution is 5.27. The second-order valence-corrected chi connectivity index (χ2v) is 7.38. The van der Waals surface area contributed by atoms with Crippen LogP contribution in [0.1, 0.15) is 37.7 Å².